The van der Waals surface area contributed by atoms with Crippen LogP contribution in [-0.2, 0) is 9.59 Å². The van der Waals surface area contributed by atoms with Gasteiger partial charge in [-0.25, -0.2) is 0 Å². The van der Waals surface area contributed by atoms with Gasteiger partial charge in [-0.3, -0.25) is 9.59 Å². The SMILES string of the molecule is CC(=O)Nc1ccc(Cl)c(NC(=O)C2CC3CCCCC3N2)c1. The van der Waals surface area contributed by atoms with Crippen molar-refractivity contribution in [3.05, 3.63) is 23.2 Å². The topological polar surface area (TPSA) is 70.2 Å². The smallest absolute Gasteiger partial charge is 0.241 e. The Kier molecular flexibility index (Phi) is 4.87. The normalized spacial score (nSPS) is 26.4. The predicted molar refractivity (Wildman–Crippen MR) is 91.7 cm³/mol. The molecule has 0 radical (unpaired) electrons. The summed E-state index contributed by atoms with van der Waals surface area (Å²) in [4.78, 5) is 23.7. The Morgan fingerprint density at radius 2 is 2.00 bits per heavy atom. The third-order valence-corrected chi connectivity index (χ3v) is 5.05. The lowest BCUT2D eigenvalue weighted by Crippen LogP contribution is -2.39. The lowest BCUT2D eigenvalue weighted by atomic mass is 9.85. The lowest BCUT2D eigenvalue weighted by Gasteiger charge is -2.24. The average molecular weight is 336 g/mol. The van der Waals surface area contributed by atoms with E-state index in [0.29, 0.717) is 28.4 Å². The van der Waals surface area contributed by atoms with E-state index in [0.717, 1.165) is 12.8 Å². The number of benzene rings is 1. The van der Waals surface area contributed by atoms with Crippen molar-refractivity contribution in [2.45, 2.75) is 51.1 Å². The van der Waals surface area contributed by atoms with Crippen molar-refractivity contribution < 1.29 is 9.59 Å². The van der Waals surface area contributed by atoms with Crippen molar-refractivity contribution in [2.75, 3.05) is 10.6 Å². The van der Waals surface area contributed by atoms with Crippen LogP contribution in [0.25, 0.3) is 0 Å². The molecule has 1 aromatic rings. The molecule has 3 N–H and O–H groups in total. The van der Waals surface area contributed by atoms with E-state index < -0.39 is 0 Å². The Balaban J connectivity index is 1.66. The highest BCUT2D eigenvalue weighted by molar-refractivity contribution is 6.34. The van der Waals surface area contributed by atoms with Crippen LogP contribution in [0, 0.1) is 5.92 Å². The van der Waals surface area contributed by atoms with Crippen LogP contribution in [0.5, 0.6) is 0 Å². The van der Waals surface area contributed by atoms with Crippen LogP contribution in [-0.4, -0.2) is 23.9 Å². The Morgan fingerprint density at radius 1 is 1.22 bits per heavy atom. The first-order valence-corrected chi connectivity index (χ1v) is 8.55. The number of rotatable bonds is 3. The van der Waals surface area contributed by atoms with Crippen LogP contribution in [0.15, 0.2) is 18.2 Å². The fourth-order valence-electron chi connectivity index (χ4n) is 3.64. The minimum atomic E-state index is -0.163. The largest absolute Gasteiger partial charge is 0.326 e. The van der Waals surface area contributed by atoms with E-state index in [1.807, 2.05) is 0 Å². The van der Waals surface area contributed by atoms with Gasteiger partial charge in [-0.15, -0.1) is 0 Å². The van der Waals surface area contributed by atoms with Crippen molar-refractivity contribution in [3.8, 4) is 0 Å². The van der Waals surface area contributed by atoms with Gasteiger partial charge in [-0.1, -0.05) is 24.4 Å². The van der Waals surface area contributed by atoms with Crippen LogP contribution < -0.4 is 16.0 Å². The number of nitrogens with one attached hydrogen (secondary N) is 3. The second-order valence-corrected chi connectivity index (χ2v) is 6.88. The molecule has 23 heavy (non-hydrogen) atoms. The van der Waals surface area contributed by atoms with Crippen molar-refractivity contribution >= 4 is 34.8 Å². The van der Waals surface area contributed by atoms with Crippen LogP contribution in [0.2, 0.25) is 5.02 Å². The second kappa shape index (κ2) is 6.89. The average Bonchev–Trinajstić information content (AvgIpc) is 2.94. The molecule has 124 valence electrons. The van der Waals surface area contributed by atoms with E-state index in [9.17, 15) is 9.59 Å². The molecular weight excluding hydrogens is 314 g/mol. The highest BCUT2D eigenvalue weighted by Gasteiger charge is 2.38. The van der Waals surface area contributed by atoms with Crippen LogP contribution in [0.1, 0.15) is 39.0 Å². The van der Waals surface area contributed by atoms with Gasteiger partial charge in [0.2, 0.25) is 11.8 Å². The summed E-state index contributed by atoms with van der Waals surface area (Å²) in [5.74, 6) is 0.396. The maximum atomic E-state index is 12.5. The van der Waals surface area contributed by atoms with Gasteiger partial charge in [0.1, 0.15) is 0 Å². The van der Waals surface area contributed by atoms with Gasteiger partial charge in [0, 0.05) is 18.7 Å². The summed E-state index contributed by atoms with van der Waals surface area (Å²) in [6.45, 7) is 1.44. The number of hydrogen-bond donors (Lipinski definition) is 3. The highest BCUT2D eigenvalue weighted by atomic mass is 35.5. The molecular formula is C17H22ClN3O2. The molecule has 1 aliphatic carbocycles. The number of anilines is 2. The Labute approximate surface area is 141 Å². The first-order chi connectivity index (χ1) is 11.0. The molecule has 2 fully saturated rings. The quantitative estimate of drug-likeness (QED) is 0.794. The van der Waals surface area contributed by atoms with E-state index in [1.54, 1.807) is 18.2 Å². The summed E-state index contributed by atoms with van der Waals surface area (Å²) in [6, 6.07) is 5.37. The molecule has 3 unspecified atom stereocenters. The third kappa shape index (κ3) is 3.85. The molecule has 3 atom stereocenters. The number of fused-ring (bicyclic) bond motifs is 1. The molecule has 5 nitrogen and oxygen atoms in total. The summed E-state index contributed by atoms with van der Waals surface area (Å²) < 4.78 is 0. The summed E-state index contributed by atoms with van der Waals surface area (Å²) in [7, 11) is 0. The number of amides is 2. The van der Waals surface area contributed by atoms with Crippen molar-refractivity contribution in [1.29, 1.82) is 0 Å². The zero-order valence-corrected chi connectivity index (χ0v) is 14.0. The van der Waals surface area contributed by atoms with Gasteiger partial charge >= 0.3 is 0 Å². The van der Waals surface area contributed by atoms with E-state index in [1.165, 1.54) is 26.2 Å². The minimum Gasteiger partial charge on any atom is -0.326 e. The zero-order valence-electron chi connectivity index (χ0n) is 13.2. The predicted octanol–water partition coefficient (Wildman–Crippen LogP) is 3.16. The third-order valence-electron chi connectivity index (χ3n) is 4.72. The number of hydrogen-bond acceptors (Lipinski definition) is 3. The van der Waals surface area contributed by atoms with E-state index in [-0.39, 0.29) is 17.9 Å². The van der Waals surface area contributed by atoms with Gasteiger partial charge < -0.3 is 16.0 Å². The van der Waals surface area contributed by atoms with Crippen molar-refractivity contribution in [2.24, 2.45) is 5.92 Å². The number of carbonyl (C=O) groups excluding carboxylic acids is 2. The fourth-order valence-corrected chi connectivity index (χ4v) is 3.81. The molecule has 1 aliphatic heterocycles. The van der Waals surface area contributed by atoms with E-state index >= 15 is 0 Å². The van der Waals surface area contributed by atoms with Gasteiger partial charge in [0.05, 0.1) is 16.8 Å². The maximum Gasteiger partial charge on any atom is 0.241 e. The summed E-state index contributed by atoms with van der Waals surface area (Å²) in [5.41, 5.74) is 1.14. The molecule has 1 heterocycles. The van der Waals surface area contributed by atoms with E-state index in [4.69, 9.17) is 11.6 Å². The standard InChI is InChI=1S/C17H22ClN3O2/c1-10(22)19-12-6-7-13(18)15(9-12)21-17(23)16-8-11-4-2-3-5-14(11)20-16/h6-7,9,11,14,16,20H,2-5,8H2,1H3,(H,19,22)(H,21,23). The fraction of sp³-hybridized carbons (Fsp3) is 0.529. The highest BCUT2D eigenvalue weighted by Crippen LogP contribution is 2.34. The second-order valence-electron chi connectivity index (χ2n) is 6.47. The lowest BCUT2D eigenvalue weighted by molar-refractivity contribution is -0.118. The number of halogens is 1. The van der Waals surface area contributed by atoms with Gasteiger partial charge in [0.25, 0.3) is 0 Å². The molecule has 0 aromatic heterocycles. The monoisotopic (exact) mass is 335 g/mol. The molecule has 2 amide bonds. The molecule has 1 saturated heterocycles. The van der Waals surface area contributed by atoms with E-state index in [2.05, 4.69) is 16.0 Å². The molecule has 6 heteroatoms. The van der Waals surface area contributed by atoms with Crippen LogP contribution in [0.3, 0.4) is 0 Å². The molecule has 0 spiro atoms. The molecule has 0 bridgehead atoms. The number of carbonyl (C=O) groups is 2. The Hall–Kier alpha value is -1.59. The van der Waals surface area contributed by atoms with Gasteiger partial charge in [-0.05, 0) is 43.4 Å². The van der Waals surface area contributed by atoms with Gasteiger partial charge in [0.15, 0.2) is 0 Å². The maximum absolute atomic E-state index is 12.5. The minimum absolute atomic E-state index is 0.0544. The zero-order chi connectivity index (χ0) is 16.4. The Bertz CT molecular complexity index is 606. The molecule has 1 saturated carbocycles. The van der Waals surface area contributed by atoms with Crippen LogP contribution in [0.4, 0.5) is 11.4 Å². The van der Waals surface area contributed by atoms with Crippen molar-refractivity contribution in [1.82, 2.24) is 5.32 Å². The summed E-state index contributed by atoms with van der Waals surface area (Å²) >= 11 is 6.16. The Morgan fingerprint density at radius 3 is 2.74 bits per heavy atom. The summed E-state index contributed by atoms with van der Waals surface area (Å²) in [6.07, 6.45) is 5.77. The molecule has 1 aromatic carbocycles. The first-order valence-electron chi connectivity index (χ1n) is 8.17. The van der Waals surface area contributed by atoms with Crippen LogP contribution >= 0.6 is 11.6 Å². The summed E-state index contributed by atoms with van der Waals surface area (Å²) in [5, 5.41) is 9.50. The van der Waals surface area contributed by atoms with Crippen molar-refractivity contribution in [3.63, 3.8) is 0 Å². The first kappa shape index (κ1) is 16.3. The molecule has 2 aliphatic rings. The van der Waals surface area contributed by atoms with Gasteiger partial charge in [-0.2, -0.15) is 0 Å². The molecule has 3 rings (SSSR count).